The van der Waals surface area contributed by atoms with Gasteiger partial charge in [0.1, 0.15) is 17.0 Å². The Bertz CT molecular complexity index is 829. The van der Waals surface area contributed by atoms with Gasteiger partial charge < -0.3 is 10.4 Å². The molecule has 0 spiro atoms. The predicted octanol–water partition coefficient (Wildman–Crippen LogP) is 3.19. The summed E-state index contributed by atoms with van der Waals surface area (Å²) in [6.45, 7) is 2.09. The van der Waals surface area contributed by atoms with Crippen molar-refractivity contribution in [2.45, 2.75) is 38.3 Å². The molecule has 3 aromatic rings. The Morgan fingerprint density at radius 2 is 2.17 bits per heavy atom. The summed E-state index contributed by atoms with van der Waals surface area (Å²) in [5.41, 5.74) is 1.06. The zero-order chi connectivity index (χ0) is 16.5. The smallest absolute Gasteiger partial charge is 0.138 e. The number of pyridine rings is 1. The van der Waals surface area contributed by atoms with Crippen LogP contribution in [0.25, 0.3) is 10.2 Å². The van der Waals surface area contributed by atoms with Crippen molar-refractivity contribution in [2.75, 3.05) is 5.32 Å². The Labute approximate surface area is 144 Å². The van der Waals surface area contributed by atoms with Gasteiger partial charge in [-0.1, -0.05) is 6.07 Å². The minimum Gasteiger partial charge on any atom is -0.393 e. The van der Waals surface area contributed by atoms with Crippen LogP contribution in [0.4, 0.5) is 5.82 Å². The SMILES string of the molecule is Cc1cc2c(NC(Cc3ccccn3)C3CC(O)C3)ncnc2s1. The van der Waals surface area contributed by atoms with Crippen molar-refractivity contribution in [1.29, 1.82) is 0 Å². The second-order valence-electron chi connectivity index (χ2n) is 6.46. The van der Waals surface area contributed by atoms with Crippen LogP contribution in [0, 0.1) is 12.8 Å². The van der Waals surface area contributed by atoms with Crippen molar-refractivity contribution in [3.8, 4) is 0 Å². The van der Waals surface area contributed by atoms with Gasteiger partial charge in [0.2, 0.25) is 0 Å². The third-order valence-electron chi connectivity index (χ3n) is 4.65. The fourth-order valence-electron chi connectivity index (χ4n) is 3.30. The zero-order valence-electron chi connectivity index (χ0n) is 13.5. The van der Waals surface area contributed by atoms with E-state index in [4.69, 9.17) is 0 Å². The van der Waals surface area contributed by atoms with Crippen molar-refractivity contribution >= 4 is 27.4 Å². The Hall–Kier alpha value is -2.05. The van der Waals surface area contributed by atoms with Gasteiger partial charge in [-0.3, -0.25) is 4.98 Å². The lowest BCUT2D eigenvalue weighted by atomic mass is 9.76. The molecule has 2 N–H and O–H groups in total. The van der Waals surface area contributed by atoms with E-state index in [1.54, 1.807) is 17.7 Å². The lowest BCUT2D eigenvalue weighted by molar-refractivity contribution is 0.0341. The van der Waals surface area contributed by atoms with E-state index < -0.39 is 0 Å². The highest BCUT2D eigenvalue weighted by Crippen LogP contribution is 2.35. The molecule has 1 atom stereocenters. The van der Waals surface area contributed by atoms with Crippen molar-refractivity contribution in [1.82, 2.24) is 15.0 Å². The second-order valence-corrected chi connectivity index (χ2v) is 7.69. The molecule has 0 bridgehead atoms. The summed E-state index contributed by atoms with van der Waals surface area (Å²) in [5.74, 6) is 1.32. The third kappa shape index (κ3) is 3.12. The highest BCUT2D eigenvalue weighted by atomic mass is 32.1. The molecule has 1 fully saturated rings. The van der Waals surface area contributed by atoms with Crippen LogP contribution >= 0.6 is 11.3 Å². The summed E-state index contributed by atoms with van der Waals surface area (Å²) in [6, 6.07) is 8.34. The molecule has 1 saturated carbocycles. The van der Waals surface area contributed by atoms with Crippen LogP contribution in [0.1, 0.15) is 23.4 Å². The molecule has 6 heteroatoms. The van der Waals surface area contributed by atoms with E-state index in [1.165, 1.54) is 4.88 Å². The summed E-state index contributed by atoms with van der Waals surface area (Å²) >= 11 is 1.68. The maximum Gasteiger partial charge on any atom is 0.138 e. The third-order valence-corrected chi connectivity index (χ3v) is 5.61. The molecule has 4 rings (SSSR count). The van der Waals surface area contributed by atoms with Crippen LogP contribution < -0.4 is 5.32 Å². The number of aliphatic hydroxyl groups excluding tert-OH is 1. The fraction of sp³-hybridized carbons (Fsp3) is 0.389. The van der Waals surface area contributed by atoms with Crippen LogP contribution in [0.2, 0.25) is 0 Å². The number of thiophene rings is 1. The summed E-state index contributed by atoms with van der Waals surface area (Å²) in [5, 5.41) is 14.4. The standard InChI is InChI=1S/C18H20N4OS/c1-11-6-15-17(20-10-21-18(15)24-11)22-16(12-7-14(23)8-12)9-13-4-2-3-5-19-13/h2-6,10,12,14,16,23H,7-9H2,1H3,(H,20,21,22). The van der Waals surface area contributed by atoms with Gasteiger partial charge in [-0.15, -0.1) is 11.3 Å². The van der Waals surface area contributed by atoms with Crippen LogP contribution in [-0.4, -0.2) is 32.2 Å². The normalized spacial score (nSPS) is 21.4. The molecule has 0 amide bonds. The Morgan fingerprint density at radius 1 is 1.29 bits per heavy atom. The van der Waals surface area contributed by atoms with E-state index in [0.717, 1.165) is 41.0 Å². The molecule has 3 aromatic heterocycles. The van der Waals surface area contributed by atoms with Gasteiger partial charge in [0, 0.05) is 29.2 Å². The quantitative estimate of drug-likeness (QED) is 0.746. The first kappa shape index (κ1) is 15.5. The molecular formula is C18H20N4OS. The van der Waals surface area contributed by atoms with Crippen LogP contribution in [0.15, 0.2) is 36.8 Å². The maximum absolute atomic E-state index is 9.71. The number of fused-ring (bicyclic) bond motifs is 1. The van der Waals surface area contributed by atoms with Crippen LogP contribution in [0.5, 0.6) is 0 Å². The molecule has 1 unspecified atom stereocenters. The molecule has 0 radical (unpaired) electrons. The number of hydrogen-bond acceptors (Lipinski definition) is 6. The van der Waals surface area contributed by atoms with E-state index in [9.17, 15) is 5.11 Å². The Kier molecular flexibility index (Phi) is 4.16. The van der Waals surface area contributed by atoms with Gasteiger partial charge in [-0.25, -0.2) is 9.97 Å². The first-order valence-corrected chi connectivity index (χ1v) is 9.06. The van der Waals surface area contributed by atoms with Crippen LogP contribution in [0.3, 0.4) is 0 Å². The molecule has 5 nitrogen and oxygen atoms in total. The molecule has 0 aromatic carbocycles. The van der Waals surface area contributed by atoms with E-state index in [-0.39, 0.29) is 12.1 Å². The van der Waals surface area contributed by atoms with Gasteiger partial charge in [-0.2, -0.15) is 0 Å². The zero-order valence-corrected chi connectivity index (χ0v) is 14.3. The van der Waals surface area contributed by atoms with Crippen molar-refractivity contribution in [3.05, 3.63) is 47.4 Å². The lowest BCUT2D eigenvalue weighted by Gasteiger charge is -2.38. The maximum atomic E-state index is 9.71. The molecule has 1 aliphatic rings. The Balaban J connectivity index is 1.61. The highest BCUT2D eigenvalue weighted by molar-refractivity contribution is 7.18. The second kappa shape index (κ2) is 6.45. The first-order valence-electron chi connectivity index (χ1n) is 8.24. The van der Waals surface area contributed by atoms with E-state index in [2.05, 4.69) is 33.3 Å². The number of aryl methyl sites for hydroxylation is 1. The van der Waals surface area contributed by atoms with Crippen molar-refractivity contribution < 1.29 is 5.11 Å². The largest absolute Gasteiger partial charge is 0.393 e. The average molecular weight is 340 g/mol. The summed E-state index contributed by atoms with van der Waals surface area (Å²) < 4.78 is 0. The monoisotopic (exact) mass is 340 g/mol. The number of anilines is 1. The molecule has 1 aliphatic carbocycles. The lowest BCUT2D eigenvalue weighted by Crippen LogP contribution is -2.42. The minimum atomic E-state index is -0.170. The number of aromatic nitrogens is 3. The number of hydrogen-bond donors (Lipinski definition) is 2. The topological polar surface area (TPSA) is 70.9 Å². The van der Waals surface area contributed by atoms with Gasteiger partial charge >= 0.3 is 0 Å². The van der Waals surface area contributed by atoms with Gasteiger partial charge in [-0.05, 0) is 43.9 Å². The van der Waals surface area contributed by atoms with Gasteiger partial charge in [0.05, 0.1) is 11.5 Å². The van der Waals surface area contributed by atoms with Crippen molar-refractivity contribution in [3.63, 3.8) is 0 Å². The average Bonchev–Trinajstić information content (AvgIpc) is 2.94. The summed E-state index contributed by atoms with van der Waals surface area (Å²) in [7, 11) is 0. The fourth-order valence-corrected chi connectivity index (χ4v) is 4.15. The van der Waals surface area contributed by atoms with Crippen molar-refractivity contribution in [2.24, 2.45) is 5.92 Å². The van der Waals surface area contributed by atoms with Gasteiger partial charge in [0.25, 0.3) is 0 Å². The van der Waals surface area contributed by atoms with Crippen LogP contribution in [-0.2, 0) is 6.42 Å². The summed E-state index contributed by atoms with van der Waals surface area (Å²) in [6.07, 6.45) is 5.77. The molecular weight excluding hydrogens is 320 g/mol. The number of rotatable bonds is 5. The number of nitrogens with one attached hydrogen (secondary N) is 1. The number of aliphatic hydroxyl groups is 1. The van der Waals surface area contributed by atoms with E-state index >= 15 is 0 Å². The first-order chi connectivity index (χ1) is 11.7. The predicted molar refractivity (Wildman–Crippen MR) is 96.2 cm³/mol. The highest BCUT2D eigenvalue weighted by Gasteiger charge is 2.34. The molecule has 24 heavy (non-hydrogen) atoms. The van der Waals surface area contributed by atoms with E-state index in [1.807, 2.05) is 24.4 Å². The van der Waals surface area contributed by atoms with E-state index in [0.29, 0.717) is 5.92 Å². The molecule has 3 heterocycles. The Morgan fingerprint density at radius 3 is 2.92 bits per heavy atom. The summed E-state index contributed by atoms with van der Waals surface area (Å²) in [4.78, 5) is 15.5. The minimum absolute atomic E-state index is 0.170. The molecule has 0 aliphatic heterocycles. The molecule has 124 valence electrons. The van der Waals surface area contributed by atoms with Gasteiger partial charge in [0.15, 0.2) is 0 Å². The molecule has 0 saturated heterocycles. The number of nitrogens with zero attached hydrogens (tertiary/aromatic N) is 3.